The van der Waals surface area contributed by atoms with Gasteiger partial charge in [-0.2, -0.15) is 0 Å². The van der Waals surface area contributed by atoms with Gasteiger partial charge in [-0.25, -0.2) is 4.98 Å². The van der Waals surface area contributed by atoms with Crippen molar-refractivity contribution in [3.63, 3.8) is 0 Å². The monoisotopic (exact) mass is 407 g/mol. The molecule has 2 rings (SSSR count). The fourth-order valence-corrected chi connectivity index (χ4v) is 3.21. The Labute approximate surface area is 171 Å². The second-order valence-electron chi connectivity index (χ2n) is 6.04. The first-order valence-corrected chi connectivity index (χ1v) is 9.88. The first-order chi connectivity index (χ1) is 12.7. The molecule has 0 unspecified atom stereocenters. The van der Waals surface area contributed by atoms with Gasteiger partial charge in [0.1, 0.15) is 10.8 Å². The zero-order chi connectivity index (χ0) is 18.8. The number of pyridine rings is 1. The SMILES string of the molecule is CCCCOc1cc(Sc2cc(C)ccn2)c(OCCCC)cc1[N+]#N.[Cl-]. The van der Waals surface area contributed by atoms with E-state index in [2.05, 4.69) is 23.8 Å². The maximum absolute atomic E-state index is 9.36. The number of nitrogens with zero attached hydrogens (tertiary/aromatic N) is 3. The summed E-state index contributed by atoms with van der Waals surface area (Å²) in [6.07, 6.45) is 5.80. The largest absolute Gasteiger partial charge is 1.00 e. The topological polar surface area (TPSA) is 59.5 Å². The number of benzene rings is 1. The molecule has 2 aromatic rings. The van der Waals surface area contributed by atoms with Gasteiger partial charge < -0.3 is 21.9 Å². The number of aryl methyl sites for hydroxylation is 1. The van der Waals surface area contributed by atoms with E-state index in [4.69, 9.17) is 9.47 Å². The Kier molecular flexibility index (Phi) is 10.6. The lowest BCUT2D eigenvalue weighted by Crippen LogP contribution is -3.00. The molecule has 27 heavy (non-hydrogen) atoms. The average molecular weight is 408 g/mol. The van der Waals surface area contributed by atoms with E-state index < -0.39 is 0 Å². The molecule has 0 atom stereocenters. The lowest BCUT2D eigenvalue weighted by Gasteiger charge is -2.12. The van der Waals surface area contributed by atoms with E-state index >= 15 is 0 Å². The molecule has 0 fully saturated rings. The van der Waals surface area contributed by atoms with Crippen LogP contribution in [0.4, 0.5) is 5.69 Å². The number of halogens is 1. The summed E-state index contributed by atoms with van der Waals surface area (Å²) in [5, 5.41) is 10.2. The molecule has 0 amide bonds. The summed E-state index contributed by atoms with van der Waals surface area (Å²) in [5.41, 5.74) is 1.53. The molecular formula is C20H26ClN3O2S. The predicted octanol–water partition coefficient (Wildman–Crippen LogP) is 3.39. The highest BCUT2D eigenvalue weighted by Crippen LogP contribution is 2.42. The molecule has 0 aliphatic carbocycles. The van der Waals surface area contributed by atoms with Gasteiger partial charge in [0.05, 0.1) is 24.2 Å². The molecule has 0 spiro atoms. The van der Waals surface area contributed by atoms with Crippen LogP contribution >= 0.6 is 11.8 Å². The Hall–Kier alpha value is -1.97. The highest BCUT2D eigenvalue weighted by molar-refractivity contribution is 7.99. The van der Waals surface area contributed by atoms with Crippen LogP contribution in [0.25, 0.3) is 4.98 Å². The van der Waals surface area contributed by atoms with Crippen molar-refractivity contribution in [1.29, 1.82) is 5.39 Å². The maximum Gasteiger partial charge on any atom is 0.430 e. The fourth-order valence-electron chi connectivity index (χ4n) is 2.25. The van der Waals surface area contributed by atoms with E-state index in [1.165, 1.54) is 11.8 Å². The molecule has 1 heterocycles. The van der Waals surface area contributed by atoms with Crippen LogP contribution in [0, 0.1) is 12.3 Å². The summed E-state index contributed by atoms with van der Waals surface area (Å²) >= 11 is 1.52. The Balaban J connectivity index is 0.00000364. The second-order valence-corrected chi connectivity index (χ2v) is 7.11. The van der Waals surface area contributed by atoms with Gasteiger partial charge in [0.15, 0.2) is 4.98 Å². The van der Waals surface area contributed by atoms with Crippen molar-refractivity contribution in [3.05, 3.63) is 41.0 Å². The van der Waals surface area contributed by atoms with E-state index in [-0.39, 0.29) is 12.4 Å². The third kappa shape index (κ3) is 7.28. The molecule has 5 nitrogen and oxygen atoms in total. The lowest BCUT2D eigenvalue weighted by atomic mass is 10.2. The molecule has 0 radical (unpaired) electrons. The van der Waals surface area contributed by atoms with Crippen molar-refractivity contribution in [1.82, 2.24) is 4.98 Å². The Morgan fingerprint density at radius 1 is 1.04 bits per heavy atom. The Bertz CT molecular complexity index is 765. The summed E-state index contributed by atoms with van der Waals surface area (Å²) in [5.74, 6) is 1.24. The van der Waals surface area contributed by atoms with Gasteiger partial charge in [-0.3, -0.25) is 0 Å². The zero-order valence-corrected chi connectivity index (χ0v) is 17.6. The predicted molar refractivity (Wildman–Crippen MR) is 105 cm³/mol. The molecule has 146 valence electrons. The third-order valence-electron chi connectivity index (χ3n) is 3.75. The number of hydrogen-bond acceptors (Lipinski definition) is 5. The van der Waals surface area contributed by atoms with Crippen molar-refractivity contribution in [2.45, 2.75) is 56.4 Å². The first kappa shape index (κ1) is 23.1. The van der Waals surface area contributed by atoms with Gasteiger partial charge in [-0.05, 0) is 37.5 Å². The smallest absolute Gasteiger partial charge is 0.430 e. The van der Waals surface area contributed by atoms with Crippen LogP contribution in [0.15, 0.2) is 40.4 Å². The molecule has 7 heteroatoms. The normalized spacial score (nSPS) is 10.0. The molecule has 1 aromatic carbocycles. The summed E-state index contributed by atoms with van der Waals surface area (Å²) in [6.45, 7) is 7.47. The second kappa shape index (κ2) is 12.4. The van der Waals surface area contributed by atoms with Crippen molar-refractivity contribution >= 4 is 17.4 Å². The number of aromatic nitrogens is 1. The van der Waals surface area contributed by atoms with Crippen LogP contribution in [-0.4, -0.2) is 18.2 Å². The first-order valence-electron chi connectivity index (χ1n) is 9.07. The Morgan fingerprint density at radius 2 is 1.70 bits per heavy atom. The minimum atomic E-state index is 0. The van der Waals surface area contributed by atoms with Crippen LogP contribution in [0.2, 0.25) is 0 Å². The minimum absolute atomic E-state index is 0. The molecule has 0 saturated carbocycles. The van der Waals surface area contributed by atoms with E-state index in [9.17, 15) is 5.39 Å². The minimum Gasteiger partial charge on any atom is -1.00 e. The average Bonchev–Trinajstić information content (AvgIpc) is 2.63. The van der Waals surface area contributed by atoms with Gasteiger partial charge in [0.25, 0.3) is 0 Å². The molecule has 0 aliphatic rings. The van der Waals surface area contributed by atoms with Crippen LogP contribution in [0.3, 0.4) is 0 Å². The number of diazo groups is 1. The van der Waals surface area contributed by atoms with Gasteiger partial charge in [-0.1, -0.05) is 38.5 Å². The van der Waals surface area contributed by atoms with Gasteiger partial charge >= 0.3 is 5.69 Å². The molecule has 0 aliphatic heterocycles. The van der Waals surface area contributed by atoms with Crippen LogP contribution < -0.4 is 21.9 Å². The summed E-state index contributed by atoms with van der Waals surface area (Å²) in [7, 11) is 0. The van der Waals surface area contributed by atoms with E-state index in [0.717, 1.165) is 41.2 Å². The third-order valence-corrected chi connectivity index (χ3v) is 4.72. The van der Waals surface area contributed by atoms with Gasteiger partial charge in [0.2, 0.25) is 11.1 Å². The molecule has 0 bridgehead atoms. The zero-order valence-electron chi connectivity index (χ0n) is 16.1. The van der Waals surface area contributed by atoms with Crippen molar-refractivity contribution < 1.29 is 21.9 Å². The number of hydrogen-bond donors (Lipinski definition) is 0. The summed E-state index contributed by atoms with van der Waals surface area (Å²) < 4.78 is 11.7. The molecule has 1 aromatic heterocycles. The highest BCUT2D eigenvalue weighted by Gasteiger charge is 2.22. The van der Waals surface area contributed by atoms with E-state index in [0.29, 0.717) is 30.4 Å². The standard InChI is InChI=1S/C20H26N3O2S.ClH/c1-4-6-10-24-17-14-19(26-20-12-15(3)8-9-22-20)18(13-16(17)23-21)25-11-7-5-2;/h8-9,12-14H,4-7,10-11H2,1-3H3;1H/q+1;/p-1. The van der Waals surface area contributed by atoms with Gasteiger partial charge in [-0.15, -0.1) is 0 Å². The summed E-state index contributed by atoms with van der Waals surface area (Å²) in [4.78, 5) is 8.69. The van der Waals surface area contributed by atoms with Crippen molar-refractivity contribution in [2.75, 3.05) is 13.2 Å². The molecule has 0 N–H and O–H groups in total. The van der Waals surface area contributed by atoms with Crippen LogP contribution in [0.5, 0.6) is 11.5 Å². The van der Waals surface area contributed by atoms with Gasteiger partial charge in [0, 0.05) is 12.3 Å². The number of unbranched alkanes of at least 4 members (excludes halogenated alkanes) is 2. The molecular weight excluding hydrogens is 382 g/mol. The number of ether oxygens (including phenoxy) is 2. The number of rotatable bonds is 10. The summed E-state index contributed by atoms with van der Waals surface area (Å²) in [6, 6.07) is 7.61. The van der Waals surface area contributed by atoms with Crippen molar-refractivity contribution in [3.8, 4) is 11.5 Å². The molecule has 0 saturated heterocycles. The highest BCUT2D eigenvalue weighted by atomic mass is 35.5. The quantitative estimate of drug-likeness (QED) is 0.446. The van der Waals surface area contributed by atoms with Crippen molar-refractivity contribution in [2.24, 2.45) is 0 Å². The maximum atomic E-state index is 9.36. The van der Waals surface area contributed by atoms with E-state index in [1.54, 1.807) is 12.3 Å². The van der Waals surface area contributed by atoms with Crippen LogP contribution in [-0.2, 0) is 0 Å². The van der Waals surface area contributed by atoms with E-state index in [1.807, 2.05) is 25.1 Å². The van der Waals surface area contributed by atoms with Crippen LogP contribution in [0.1, 0.15) is 45.1 Å². The fraction of sp³-hybridized carbons (Fsp3) is 0.450. The Morgan fingerprint density at radius 3 is 2.30 bits per heavy atom. The lowest BCUT2D eigenvalue weighted by molar-refractivity contribution is -0.00000674.